The number of nitrogens with zero attached hydrogens (tertiary/aromatic N) is 1. The Morgan fingerprint density at radius 3 is 2.57 bits per heavy atom. The van der Waals surface area contributed by atoms with Crippen molar-refractivity contribution in [3.63, 3.8) is 0 Å². The van der Waals surface area contributed by atoms with Crippen molar-refractivity contribution in [3.8, 4) is 0 Å². The second-order valence-electron chi connectivity index (χ2n) is 5.61. The van der Waals surface area contributed by atoms with Crippen molar-refractivity contribution in [1.29, 1.82) is 0 Å². The summed E-state index contributed by atoms with van der Waals surface area (Å²) in [5, 5.41) is 0. The summed E-state index contributed by atoms with van der Waals surface area (Å²) >= 11 is 4.48. The summed E-state index contributed by atoms with van der Waals surface area (Å²) in [5.41, 5.74) is 0.609. The molecule has 2 atom stereocenters. The average molecular weight is 213 g/mol. The molecule has 2 aliphatic rings. The minimum atomic E-state index is 0.609. The van der Waals surface area contributed by atoms with Gasteiger partial charge < -0.3 is 4.90 Å². The number of thiol groups is 1. The van der Waals surface area contributed by atoms with Gasteiger partial charge in [-0.1, -0.05) is 6.92 Å². The normalized spacial score (nSPS) is 37.1. The van der Waals surface area contributed by atoms with E-state index >= 15 is 0 Å². The monoisotopic (exact) mass is 213 g/mol. The number of hydrogen-bond acceptors (Lipinski definition) is 2. The van der Waals surface area contributed by atoms with Crippen LogP contribution in [0.4, 0.5) is 0 Å². The van der Waals surface area contributed by atoms with Crippen LogP contribution in [0.15, 0.2) is 0 Å². The van der Waals surface area contributed by atoms with E-state index in [0.717, 1.165) is 17.7 Å². The molecule has 1 heterocycles. The van der Waals surface area contributed by atoms with E-state index in [0.29, 0.717) is 5.41 Å². The van der Waals surface area contributed by atoms with Gasteiger partial charge in [0.05, 0.1) is 0 Å². The quantitative estimate of drug-likeness (QED) is 0.706. The molecule has 82 valence electrons. The first-order valence-electron chi connectivity index (χ1n) is 6.00. The third-order valence-electron chi connectivity index (χ3n) is 4.11. The molecule has 2 rings (SSSR count). The fourth-order valence-corrected chi connectivity index (χ4v) is 3.08. The van der Waals surface area contributed by atoms with Gasteiger partial charge in [0, 0.05) is 12.6 Å². The molecule has 0 bridgehead atoms. The summed E-state index contributed by atoms with van der Waals surface area (Å²) < 4.78 is 0. The summed E-state index contributed by atoms with van der Waals surface area (Å²) in [4.78, 5) is 2.70. The topological polar surface area (TPSA) is 3.24 Å². The Balaban J connectivity index is 1.86. The molecule has 0 radical (unpaired) electrons. The summed E-state index contributed by atoms with van der Waals surface area (Å²) in [6.07, 6.45) is 5.61. The van der Waals surface area contributed by atoms with Crippen LogP contribution < -0.4 is 0 Å². The number of piperidine rings is 1. The Bertz CT molecular complexity index is 200. The molecule has 14 heavy (non-hydrogen) atoms. The first-order valence-corrected chi connectivity index (χ1v) is 6.63. The lowest BCUT2D eigenvalue weighted by atomic mass is 9.92. The molecular weight excluding hydrogens is 190 g/mol. The largest absolute Gasteiger partial charge is 0.300 e. The number of likely N-dealkylation sites (tertiary alicyclic amines) is 1. The predicted octanol–water partition coefficient (Wildman–Crippen LogP) is 2.82. The molecule has 0 aromatic rings. The first-order chi connectivity index (χ1) is 6.65. The van der Waals surface area contributed by atoms with Gasteiger partial charge in [0.25, 0.3) is 0 Å². The Kier molecular flexibility index (Phi) is 3.13. The lowest BCUT2D eigenvalue weighted by Gasteiger charge is -2.38. The Morgan fingerprint density at radius 1 is 1.36 bits per heavy atom. The minimum Gasteiger partial charge on any atom is -0.300 e. The zero-order valence-corrected chi connectivity index (χ0v) is 10.4. The van der Waals surface area contributed by atoms with Gasteiger partial charge in [0.15, 0.2) is 0 Å². The van der Waals surface area contributed by atoms with Crippen molar-refractivity contribution < 1.29 is 0 Å². The highest BCUT2D eigenvalue weighted by Crippen LogP contribution is 2.47. The van der Waals surface area contributed by atoms with Gasteiger partial charge in [0.2, 0.25) is 0 Å². The van der Waals surface area contributed by atoms with Gasteiger partial charge in [0.1, 0.15) is 0 Å². The van der Waals surface area contributed by atoms with Crippen molar-refractivity contribution >= 4 is 12.6 Å². The van der Waals surface area contributed by atoms with Crippen LogP contribution in [0.1, 0.15) is 39.5 Å². The maximum atomic E-state index is 4.48. The van der Waals surface area contributed by atoms with Crippen LogP contribution >= 0.6 is 12.6 Å². The molecule has 1 nitrogen and oxygen atoms in total. The summed E-state index contributed by atoms with van der Waals surface area (Å²) in [6, 6.07) is 0.802. The molecule has 0 aromatic heterocycles. The van der Waals surface area contributed by atoms with E-state index in [1.54, 1.807) is 0 Å². The van der Waals surface area contributed by atoms with Crippen LogP contribution in [0.3, 0.4) is 0 Å². The Labute approximate surface area is 93.7 Å². The van der Waals surface area contributed by atoms with Gasteiger partial charge in [-0.05, 0) is 56.2 Å². The average Bonchev–Trinajstić information content (AvgIpc) is 2.91. The fraction of sp³-hybridized carbons (Fsp3) is 1.00. The first kappa shape index (κ1) is 10.8. The van der Waals surface area contributed by atoms with Crippen LogP contribution in [0.2, 0.25) is 0 Å². The van der Waals surface area contributed by atoms with E-state index in [-0.39, 0.29) is 0 Å². The molecule has 0 N–H and O–H groups in total. The maximum absolute atomic E-state index is 4.48. The Hall–Kier alpha value is 0.310. The van der Waals surface area contributed by atoms with Gasteiger partial charge in [-0.15, -0.1) is 0 Å². The molecule has 0 aromatic carbocycles. The van der Waals surface area contributed by atoms with Crippen molar-refractivity contribution in [3.05, 3.63) is 0 Å². The lowest BCUT2D eigenvalue weighted by Crippen LogP contribution is -2.43. The molecule has 1 aliphatic heterocycles. The standard InChI is InChI=1S/C12H23NS/c1-10-3-6-13(11(2)7-10)8-12(9-14)4-5-12/h10-11,14H,3-9H2,1-2H3. The molecule has 2 unspecified atom stereocenters. The zero-order valence-electron chi connectivity index (χ0n) is 9.50. The Morgan fingerprint density at radius 2 is 2.07 bits per heavy atom. The highest BCUT2D eigenvalue weighted by atomic mass is 32.1. The lowest BCUT2D eigenvalue weighted by molar-refractivity contribution is 0.109. The molecule has 2 heteroatoms. The third kappa shape index (κ3) is 2.27. The molecule has 0 spiro atoms. The van der Waals surface area contributed by atoms with E-state index in [1.165, 1.54) is 38.8 Å². The van der Waals surface area contributed by atoms with E-state index in [9.17, 15) is 0 Å². The van der Waals surface area contributed by atoms with Crippen LogP contribution in [-0.4, -0.2) is 29.8 Å². The van der Waals surface area contributed by atoms with Crippen LogP contribution in [0.5, 0.6) is 0 Å². The second-order valence-corrected chi connectivity index (χ2v) is 5.92. The molecule has 2 fully saturated rings. The molecule has 0 amide bonds. The van der Waals surface area contributed by atoms with E-state index in [4.69, 9.17) is 0 Å². The maximum Gasteiger partial charge on any atom is 0.00697 e. The van der Waals surface area contributed by atoms with Crippen LogP contribution in [0.25, 0.3) is 0 Å². The van der Waals surface area contributed by atoms with Gasteiger partial charge in [-0.2, -0.15) is 12.6 Å². The van der Waals surface area contributed by atoms with Crippen molar-refractivity contribution in [2.45, 2.75) is 45.6 Å². The van der Waals surface area contributed by atoms with Gasteiger partial charge >= 0.3 is 0 Å². The van der Waals surface area contributed by atoms with Crippen molar-refractivity contribution in [2.75, 3.05) is 18.8 Å². The summed E-state index contributed by atoms with van der Waals surface area (Å²) in [5.74, 6) is 2.03. The van der Waals surface area contributed by atoms with Crippen molar-refractivity contribution in [2.24, 2.45) is 11.3 Å². The van der Waals surface area contributed by atoms with E-state index < -0.39 is 0 Å². The zero-order chi connectivity index (χ0) is 10.2. The molecule has 1 saturated heterocycles. The van der Waals surface area contributed by atoms with Crippen LogP contribution in [-0.2, 0) is 0 Å². The fourth-order valence-electron chi connectivity index (χ4n) is 2.66. The molecule has 1 aliphatic carbocycles. The van der Waals surface area contributed by atoms with Crippen molar-refractivity contribution in [1.82, 2.24) is 4.90 Å². The van der Waals surface area contributed by atoms with E-state index in [1.807, 2.05) is 0 Å². The highest BCUT2D eigenvalue weighted by molar-refractivity contribution is 7.80. The van der Waals surface area contributed by atoms with Crippen LogP contribution in [0, 0.1) is 11.3 Å². The highest BCUT2D eigenvalue weighted by Gasteiger charge is 2.43. The molecule has 1 saturated carbocycles. The smallest absolute Gasteiger partial charge is 0.00697 e. The minimum absolute atomic E-state index is 0.609. The number of hydrogen-bond donors (Lipinski definition) is 1. The van der Waals surface area contributed by atoms with E-state index in [2.05, 4.69) is 31.4 Å². The SMILES string of the molecule is CC1CCN(CC2(CS)CC2)C(C)C1. The van der Waals surface area contributed by atoms with Gasteiger partial charge in [-0.3, -0.25) is 0 Å². The second kappa shape index (κ2) is 4.05. The molecular formula is C12H23NS. The number of rotatable bonds is 3. The third-order valence-corrected chi connectivity index (χ3v) is 4.78. The summed E-state index contributed by atoms with van der Waals surface area (Å²) in [6.45, 7) is 7.41. The predicted molar refractivity (Wildman–Crippen MR) is 65.0 cm³/mol. The summed E-state index contributed by atoms with van der Waals surface area (Å²) in [7, 11) is 0. The van der Waals surface area contributed by atoms with Gasteiger partial charge in [-0.25, -0.2) is 0 Å².